The van der Waals surface area contributed by atoms with Crippen LogP contribution in [-0.2, 0) is 0 Å². The molecule has 0 spiro atoms. The first-order chi connectivity index (χ1) is 15.5. The minimum absolute atomic E-state index is 0.0313. The molecular weight excluding hydrogens is 407 g/mol. The van der Waals surface area contributed by atoms with Crippen LogP contribution in [0.4, 0.5) is 10.2 Å². The van der Waals surface area contributed by atoms with E-state index < -0.39 is 5.82 Å². The summed E-state index contributed by atoms with van der Waals surface area (Å²) < 4.78 is 14.9. The molecule has 168 valence electrons. The highest BCUT2D eigenvalue weighted by molar-refractivity contribution is 5.79. The van der Waals surface area contributed by atoms with E-state index in [4.69, 9.17) is 0 Å². The Bertz CT molecular complexity index is 1040. The molecule has 0 aliphatic carbocycles. The zero-order chi connectivity index (χ0) is 22.2. The Morgan fingerprint density at radius 2 is 1.91 bits per heavy atom. The lowest BCUT2D eigenvalue weighted by molar-refractivity contribution is 0.219. The van der Waals surface area contributed by atoms with Crippen molar-refractivity contribution >= 4 is 11.4 Å². The van der Waals surface area contributed by atoms with Crippen LogP contribution in [0.25, 0.3) is 16.8 Å². The average molecular weight is 437 g/mol. The fourth-order valence-corrected chi connectivity index (χ4v) is 5.01. The van der Waals surface area contributed by atoms with E-state index in [9.17, 15) is 9.50 Å². The van der Waals surface area contributed by atoms with Gasteiger partial charge in [-0.1, -0.05) is 6.42 Å². The standard InChI is InChI=1S/C24H29FN6O/c1-30-9-8-15(14-26-30)19-13-23(32)20(12-21(19)25)22-6-7-24(29-28-22)31(2)18-10-16-4-3-5-17(11-18)27-16/h6-9,12-14,16-18,26-27,32H,3-5,10-11H2,1-2H3/t16-,17+,18?. The van der Waals surface area contributed by atoms with E-state index in [0.717, 1.165) is 18.7 Å². The number of nitrogens with zero attached hydrogens (tertiary/aromatic N) is 4. The first kappa shape index (κ1) is 20.8. The number of nitrogens with one attached hydrogen (secondary N) is 2. The lowest BCUT2D eigenvalue weighted by Crippen LogP contribution is -2.54. The summed E-state index contributed by atoms with van der Waals surface area (Å²) in [5.41, 5.74) is 4.73. The highest BCUT2D eigenvalue weighted by Gasteiger charge is 2.33. The summed E-state index contributed by atoms with van der Waals surface area (Å²) in [5, 5.41) is 24.8. The Hall–Kier alpha value is -3.13. The van der Waals surface area contributed by atoms with E-state index in [1.807, 2.05) is 13.1 Å². The molecule has 2 aromatic rings. The number of phenolic OH excluding ortho intramolecular Hbond substituents is 1. The van der Waals surface area contributed by atoms with Gasteiger partial charge in [0.1, 0.15) is 11.6 Å². The van der Waals surface area contributed by atoms with E-state index >= 15 is 0 Å². The van der Waals surface area contributed by atoms with Crippen molar-refractivity contribution < 1.29 is 9.50 Å². The van der Waals surface area contributed by atoms with Crippen molar-refractivity contribution in [2.45, 2.75) is 50.2 Å². The van der Waals surface area contributed by atoms with E-state index in [-0.39, 0.29) is 5.75 Å². The number of aromatic hydroxyl groups is 1. The molecule has 3 atom stereocenters. The molecule has 2 fully saturated rings. The third-order valence-electron chi connectivity index (χ3n) is 6.82. The summed E-state index contributed by atoms with van der Waals surface area (Å²) in [6, 6.07) is 8.06. The molecule has 7 nitrogen and oxygen atoms in total. The molecule has 0 radical (unpaired) electrons. The number of aromatic nitrogens is 2. The number of rotatable bonds is 4. The SMILES string of the molecule is CN1C=CC(c2cc(O)c(-c3ccc(N(C)C4C[C@H]5CCC[C@@H](C4)N5)nn3)cc2F)=CN1. The van der Waals surface area contributed by atoms with Gasteiger partial charge in [-0.25, -0.2) is 4.39 Å². The quantitative estimate of drug-likeness (QED) is 0.678. The molecule has 1 aromatic heterocycles. The second-order valence-electron chi connectivity index (χ2n) is 9.01. The zero-order valence-corrected chi connectivity index (χ0v) is 18.4. The number of fused-ring (bicyclic) bond motifs is 2. The van der Waals surface area contributed by atoms with Crippen LogP contribution in [0.15, 0.2) is 42.7 Å². The molecule has 2 saturated heterocycles. The number of hydrogen-bond acceptors (Lipinski definition) is 7. The van der Waals surface area contributed by atoms with Gasteiger partial charge in [0.15, 0.2) is 5.82 Å². The van der Waals surface area contributed by atoms with E-state index in [2.05, 4.69) is 32.9 Å². The fourth-order valence-electron chi connectivity index (χ4n) is 5.01. The highest BCUT2D eigenvalue weighted by Crippen LogP contribution is 2.34. The van der Waals surface area contributed by atoms with Gasteiger partial charge >= 0.3 is 0 Å². The molecule has 3 N–H and O–H groups in total. The van der Waals surface area contributed by atoms with Crippen LogP contribution in [-0.4, -0.2) is 52.5 Å². The van der Waals surface area contributed by atoms with Gasteiger partial charge in [-0.2, -0.15) is 0 Å². The lowest BCUT2D eigenvalue weighted by Gasteiger charge is -2.43. The Balaban J connectivity index is 1.35. The van der Waals surface area contributed by atoms with Gasteiger partial charge in [0.2, 0.25) is 0 Å². The maximum Gasteiger partial charge on any atom is 0.151 e. The molecule has 4 heterocycles. The van der Waals surface area contributed by atoms with Gasteiger partial charge in [0.05, 0.1) is 5.69 Å². The maximum absolute atomic E-state index is 14.9. The van der Waals surface area contributed by atoms with Gasteiger partial charge in [0, 0.05) is 61.3 Å². The number of allylic oxidation sites excluding steroid dienone is 2. The Kier molecular flexibility index (Phi) is 5.46. The van der Waals surface area contributed by atoms with E-state index in [1.165, 1.54) is 31.4 Å². The molecule has 8 heteroatoms. The van der Waals surface area contributed by atoms with Gasteiger partial charge in [-0.05, 0) is 56.0 Å². The van der Waals surface area contributed by atoms with Crippen LogP contribution in [0.2, 0.25) is 0 Å². The van der Waals surface area contributed by atoms with Gasteiger partial charge in [0.25, 0.3) is 0 Å². The zero-order valence-electron chi connectivity index (χ0n) is 18.4. The number of phenols is 1. The predicted octanol–water partition coefficient (Wildman–Crippen LogP) is 3.40. The molecular formula is C24H29FN6O. The first-order valence-corrected chi connectivity index (χ1v) is 11.2. The first-order valence-electron chi connectivity index (χ1n) is 11.2. The van der Waals surface area contributed by atoms with Crippen LogP contribution >= 0.6 is 0 Å². The molecule has 1 aromatic carbocycles. The van der Waals surface area contributed by atoms with Crippen molar-refractivity contribution in [1.29, 1.82) is 0 Å². The summed E-state index contributed by atoms with van der Waals surface area (Å²) in [6.07, 6.45) is 11.3. The molecule has 5 rings (SSSR count). The van der Waals surface area contributed by atoms with Crippen LogP contribution in [0.1, 0.15) is 37.7 Å². The van der Waals surface area contributed by atoms with Crippen molar-refractivity contribution in [2.75, 3.05) is 19.0 Å². The minimum Gasteiger partial charge on any atom is -0.507 e. The second kappa shape index (κ2) is 8.43. The predicted molar refractivity (Wildman–Crippen MR) is 123 cm³/mol. The lowest BCUT2D eigenvalue weighted by atomic mass is 9.83. The van der Waals surface area contributed by atoms with E-state index in [1.54, 1.807) is 29.6 Å². The Morgan fingerprint density at radius 3 is 2.56 bits per heavy atom. The summed E-state index contributed by atoms with van der Waals surface area (Å²) >= 11 is 0. The second-order valence-corrected chi connectivity index (χ2v) is 9.01. The number of hydrogen-bond donors (Lipinski definition) is 3. The molecule has 3 aliphatic heterocycles. The van der Waals surface area contributed by atoms with Crippen molar-refractivity contribution in [3.05, 3.63) is 54.1 Å². The molecule has 32 heavy (non-hydrogen) atoms. The molecule has 2 bridgehead atoms. The third kappa shape index (κ3) is 4.02. The number of benzene rings is 1. The number of halogens is 1. The number of anilines is 1. The van der Waals surface area contributed by atoms with Crippen molar-refractivity contribution in [1.82, 2.24) is 25.9 Å². The van der Waals surface area contributed by atoms with Crippen LogP contribution in [0, 0.1) is 5.82 Å². The molecule has 3 aliphatic rings. The Labute approximate surface area is 187 Å². The number of piperidine rings is 2. The fraction of sp³-hybridized carbons (Fsp3) is 0.417. The minimum atomic E-state index is -0.427. The van der Waals surface area contributed by atoms with Crippen molar-refractivity contribution in [2.24, 2.45) is 0 Å². The maximum atomic E-state index is 14.9. The van der Waals surface area contributed by atoms with Crippen LogP contribution < -0.4 is 15.6 Å². The smallest absolute Gasteiger partial charge is 0.151 e. The molecule has 0 amide bonds. The normalized spacial score (nSPS) is 24.7. The van der Waals surface area contributed by atoms with E-state index in [0.29, 0.717) is 40.5 Å². The monoisotopic (exact) mass is 436 g/mol. The van der Waals surface area contributed by atoms with Gasteiger partial charge < -0.3 is 20.7 Å². The molecule has 1 unspecified atom stereocenters. The van der Waals surface area contributed by atoms with Crippen LogP contribution in [0.5, 0.6) is 5.75 Å². The summed E-state index contributed by atoms with van der Waals surface area (Å²) in [7, 11) is 3.91. The highest BCUT2D eigenvalue weighted by atomic mass is 19.1. The summed E-state index contributed by atoms with van der Waals surface area (Å²) in [4.78, 5) is 2.21. The summed E-state index contributed by atoms with van der Waals surface area (Å²) in [6.45, 7) is 0. The Morgan fingerprint density at radius 1 is 1.12 bits per heavy atom. The van der Waals surface area contributed by atoms with Crippen LogP contribution in [0.3, 0.4) is 0 Å². The van der Waals surface area contributed by atoms with Crippen molar-refractivity contribution in [3.8, 4) is 17.0 Å². The third-order valence-corrected chi connectivity index (χ3v) is 6.82. The average Bonchev–Trinajstić information content (AvgIpc) is 2.80. The summed E-state index contributed by atoms with van der Waals surface area (Å²) in [5.74, 6) is 0.337. The van der Waals surface area contributed by atoms with Gasteiger partial charge in [-0.3, -0.25) is 5.01 Å². The molecule has 0 saturated carbocycles. The topological polar surface area (TPSA) is 76.6 Å². The number of hydrazine groups is 1. The van der Waals surface area contributed by atoms with Crippen molar-refractivity contribution in [3.63, 3.8) is 0 Å². The van der Waals surface area contributed by atoms with Gasteiger partial charge in [-0.15, -0.1) is 10.2 Å². The largest absolute Gasteiger partial charge is 0.507 e.